The fourth-order valence-corrected chi connectivity index (χ4v) is 3.19. The number of anilines is 1. The van der Waals surface area contributed by atoms with Gasteiger partial charge in [-0.1, -0.05) is 17.8 Å². The first-order valence-electron chi connectivity index (χ1n) is 6.20. The molecule has 1 aliphatic rings. The van der Waals surface area contributed by atoms with Gasteiger partial charge in [0.25, 0.3) is 0 Å². The van der Waals surface area contributed by atoms with Crippen molar-refractivity contribution in [3.63, 3.8) is 0 Å². The van der Waals surface area contributed by atoms with Crippen LogP contribution in [0.2, 0.25) is 0 Å². The molecule has 0 bridgehead atoms. The van der Waals surface area contributed by atoms with E-state index in [1.54, 1.807) is 12.1 Å². The van der Waals surface area contributed by atoms with Crippen molar-refractivity contribution in [1.29, 1.82) is 0 Å². The number of amides is 1. The molecule has 1 aromatic carbocycles. The standard InChI is InChI=1S/C14H15NO4S/c1-8-3-4-11(14(18)19)12(5-8)15-7-10(6-13(15)17)20-9(2)16/h3-5,10H,6-7H2,1-2H3,(H,18,19). The molecule has 1 saturated heterocycles. The second-order valence-corrected chi connectivity index (χ2v) is 6.24. The summed E-state index contributed by atoms with van der Waals surface area (Å²) >= 11 is 1.13. The zero-order chi connectivity index (χ0) is 14.9. The smallest absolute Gasteiger partial charge is 0.337 e. The minimum Gasteiger partial charge on any atom is -0.478 e. The van der Waals surface area contributed by atoms with Crippen molar-refractivity contribution < 1.29 is 19.5 Å². The second kappa shape index (κ2) is 5.66. The molecule has 5 nitrogen and oxygen atoms in total. The number of nitrogens with zero attached hydrogens (tertiary/aromatic N) is 1. The zero-order valence-corrected chi connectivity index (χ0v) is 12.1. The minimum absolute atomic E-state index is 0.0349. The Balaban J connectivity index is 2.32. The molecule has 2 rings (SSSR count). The Bertz CT molecular complexity index is 585. The summed E-state index contributed by atoms with van der Waals surface area (Å²) in [5, 5.41) is 9.07. The van der Waals surface area contributed by atoms with Crippen LogP contribution in [-0.4, -0.2) is 33.9 Å². The maximum Gasteiger partial charge on any atom is 0.337 e. The van der Waals surface area contributed by atoms with Gasteiger partial charge >= 0.3 is 5.97 Å². The Kier molecular flexibility index (Phi) is 4.13. The number of carbonyl (C=O) groups is 3. The molecule has 0 saturated carbocycles. The van der Waals surface area contributed by atoms with E-state index in [2.05, 4.69) is 0 Å². The maximum atomic E-state index is 12.1. The number of hydrogen-bond donors (Lipinski definition) is 1. The highest BCUT2D eigenvalue weighted by Gasteiger charge is 2.33. The molecule has 1 fully saturated rings. The number of carbonyl (C=O) groups excluding carboxylic acids is 2. The van der Waals surface area contributed by atoms with Gasteiger partial charge in [0.1, 0.15) is 0 Å². The number of aromatic carboxylic acids is 1. The van der Waals surface area contributed by atoms with Gasteiger partial charge in [0.2, 0.25) is 5.91 Å². The molecule has 1 aromatic rings. The normalized spacial score (nSPS) is 18.4. The molecule has 6 heteroatoms. The fourth-order valence-electron chi connectivity index (χ4n) is 2.27. The Morgan fingerprint density at radius 2 is 2.10 bits per heavy atom. The highest BCUT2D eigenvalue weighted by molar-refractivity contribution is 8.14. The predicted molar refractivity (Wildman–Crippen MR) is 77.2 cm³/mol. The Morgan fingerprint density at radius 1 is 1.40 bits per heavy atom. The van der Waals surface area contributed by atoms with E-state index in [0.717, 1.165) is 17.3 Å². The third kappa shape index (κ3) is 3.01. The quantitative estimate of drug-likeness (QED) is 0.923. The molecule has 1 aliphatic heterocycles. The van der Waals surface area contributed by atoms with Crippen LogP contribution in [0.3, 0.4) is 0 Å². The van der Waals surface area contributed by atoms with E-state index >= 15 is 0 Å². The maximum absolute atomic E-state index is 12.1. The lowest BCUT2D eigenvalue weighted by molar-refractivity contribution is -0.117. The molecule has 1 N–H and O–H groups in total. The van der Waals surface area contributed by atoms with Crippen molar-refractivity contribution in [2.24, 2.45) is 0 Å². The van der Waals surface area contributed by atoms with E-state index in [9.17, 15) is 19.5 Å². The molecular weight excluding hydrogens is 278 g/mol. The second-order valence-electron chi connectivity index (χ2n) is 4.77. The van der Waals surface area contributed by atoms with Gasteiger partial charge in [0.05, 0.1) is 11.3 Å². The first-order chi connectivity index (χ1) is 9.38. The molecule has 0 spiro atoms. The van der Waals surface area contributed by atoms with E-state index in [0.29, 0.717) is 12.2 Å². The molecule has 1 atom stereocenters. The molecule has 0 aliphatic carbocycles. The van der Waals surface area contributed by atoms with Gasteiger partial charge in [-0.3, -0.25) is 9.59 Å². The van der Waals surface area contributed by atoms with Gasteiger partial charge in [-0.05, 0) is 24.6 Å². The lowest BCUT2D eigenvalue weighted by Crippen LogP contribution is -2.27. The fraction of sp³-hybridized carbons (Fsp3) is 0.357. The van der Waals surface area contributed by atoms with Crippen molar-refractivity contribution in [2.45, 2.75) is 25.5 Å². The number of carboxylic acid groups (broad SMARTS) is 1. The first kappa shape index (κ1) is 14.6. The molecule has 106 valence electrons. The summed E-state index contributed by atoms with van der Waals surface area (Å²) in [6.45, 7) is 3.68. The van der Waals surface area contributed by atoms with E-state index in [-0.39, 0.29) is 28.3 Å². The van der Waals surface area contributed by atoms with Gasteiger partial charge in [0, 0.05) is 25.1 Å². The molecule has 20 heavy (non-hydrogen) atoms. The number of aryl methyl sites for hydroxylation is 1. The van der Waals surface area contributed by atoms with Crippen LogP contribution in [-0.2, 0) is 9.59 Å². The summed E-state index contributed by atoms with van der Waals surface area (Å²) in [6.07, 6.45) is 0.261. The van der Waals surface area contributed by atoms with Crippen molar-refractivity contribution in [1.82, 2.24) is 0 Å². The Hall–Kier alpha value is -1.82. The van der Waals surface area contributed by atoms with Crippen LogP contribution < -0.4 is 4.90 Å². The summed E-state index contributed by atoms with van der Waals surface area (Å²) in [5.74, 6) is -1.20. The largest absolute Gasteiger partial charge is 0.478 e. The molecule has 1 unspecified atom stereocenters. The summed E-state index contributed by atoms with van der Waals surface area (Å²) in [6, 6.07) is 4.91. The van der Waals surface area contributed by atoms with E-state index in [1.165, 1.54) is 17.9 Å². The van der Waals surface area contributed by atoms with Gasteiger partial charge in [-0.15, -0.1) is 0 Å². The molecular formula is C14H15NO4S. The van der Waals surface area contributed by atoms with E-state index in [4.69, 9.17) is 0 Å². The van der Waals surface area contributed by atoms with Crippen LogP contribution in [0.25, 0.3) is 0 Å². The monoisotopic (exact) mass is 293 g/mol. The Morgan fingerprint density at radius 3 is 2.70 bits per heavy atom. The zero-order valence-electron chi connectivity index (χ0n) is 11.3. The van der Waals surface area contributed by atoms with E-state index < -0.39 is 5.97 Å². The number of benzene rings is 1. The number of thioether (sulfide) groups is 1. The average molecular weight is 293 g/mol. The van der Waals surface area contributed by atoms with Crippen LogP contribution in [0.1, 0.15) is 29.3 Å². The molecule has 0 aromatic heterocycles. The van der Waals surface area contributed by atoms with Crippen molar-refractivity contribution in [3.05, 3.63) is 29.3 Å². The molecule has 1 amide bonds. The van der Waals surface area contributed by atoms with Crippen LogP contribution in [0.4, 0.5) is 5.69 Å². The highest BCUT2D eigenvalue weighted by Crippen LogP contribution is 2.31. The topological polar surface area (TPSA) is 74.7 Å². The summed E-state index contributed by atoms with van der Waals surface area (Å²) < 4.78 is 0. The van der Waals surface area contributed by atoms with Gasteiger partial charge in [-0.25, -0.2) is 4.79 Å². The third-order valence-electron chi connectivity index (χ3n) is 3.10. The minimum atomic E-state index is -1.06. The van der Waals surface area contributed by atoms with Crippen LogP contribution >= 0.6 is 11.8 Å². The number of rotatable bonds is 3. The van der Waals surface area contributed by atoms with Gasteiger partial charge < -0.3 is 10.0 Å². The van der Waals surface area contributed by atoms with E-state index in [1.807, 2.05) is 6.92 Å². The van der Waals surface area contributed by atoms with Crippen LogP contribution in [0, 0.1) is 6.92 Å². The Labute approximate surface area is 121 Å². The summed E-state index contributed by atoms with van der Waals surface area (Å²) in [4.78, 5) is 35.9. The van der Waals surface area contributed by atoms with Crippen LogP contribution in [0.15, 0.2) is 18.2 Å². The van der Waals surface area contributed by atoms with Crippen molar-refractivity contribution in [3.8, 4) is 0 Å². The lowest BCUT2D eigenvalue weighted by Gasteiger charge is -2.19. The van der Waals surface area contributed by atoms with Crippen LogP contribution in [0.5, 0.6) is 0 Å². The van der Waals surface area contributed by atoms with Crippen molar-refractivity contribution in [2.75, 3.05) is 11.4 Å². The predicted octanol–water partition coefficient (Wildman–Crippen LogP) is 2.08. The molecule has 0 radical (unpaired) electrons. The summed E-state index contributed by atoms with van der Waals surface area (Å²) in [7, 11) is 0. The van der Waals surface area contributed by atoms with Gasteiger partial charge in [0.15, 0.2) is 5.12 Å². The average Bonchev–Trinajstić information content (AvgIpc) is 2.68. The lowest BCUT2D eigenvalue weighted by atomic mass is 10.1. The summed E-state index contributed by atoms with van der Waals surface area (Å²) in [5.41, 5.74) is 1.41. The van der Waals surface area contributed by atoms with Gasteiger partial charge in [-0.2, -0.15) is 0 Å². The number of carboxylic acids is 1. The first-order valence-corrected chi connectivity index (χ1v) is 7.08. The highest BCUT2D eigenvalue weighted by atomic mass is 32.2. The SMILES string of the molecule is CC(=O)SC1CC(=O)N(c2cc(C)ccc2C(=O)O)C1. The molecule has 1 heterocycles. The third-order valence-corrected chi connectivity index (χ3v) is 4.08. The van der Waals surface area contributed by atoms with Crippen molar-refractivity contribution >= 4 is 34.4 Å². The number of hydrogen-bond acceptors (Lipinski definition) is 4.